The smallest absolute Gasteiger partial charge is 0.217 e. The molecule has 1 saturated carbocycles. The van der Waals surface area contributed by atoms with Crippen LogP contribution in [0.25, 0.3) is 0 Å². The maximum Gasteiger partial charge on any atom is 0.217 e. The Morgan fingerprint density at radius 1 is 1.27 bits per heavy atom. The molecule has 1 aliphatic carbocycles. The Balaban J connectivity index is 2.09. The van der Waals surface area contributed by atoms with Crippen LogP contribution >= 0.6 is 0 Å². The predicted octanol–water partition coefficient (Wildman–Crippen LogP) is -0.637. The summed E-state index contributed by atoms with van der Waals surface area (Å²) in [5.74, 6) is 0.0224. The van der Waals surface area contributed by atoms with Gasteiger partial charge < -0.3 is 0 Å². The van der Waals surface area contributed by atoms with Crippen LogP contribution in [0.2, 0.25) is 0 Å². The van der Waals surface area contributed by atoms with Crippen molar-refractivity contribution in [2.24, 2.45) is 0 Å². The predicted molar refractivity (Wildman–Crippen MR) is 38.5 cm³/mol. The van der Waals surface area contributed by atoms with E-state index in [4.69, 9.17) is 0 Å². The molecule has 0 radical (unpaired) electrons. The molecule has 0 spiro atoms. The van der Waals surface area contributed by atoms with E-state index in [1.165, 1.54) is 4.31 Å². The van der Waals surface area contributed by atoms with Crippen LogP contribution in [0, 0.1) is 0 Å². The summed E-state index contributed by atoms with van der Waals surface area (Å²) < 4.78 is 23.9. The summed E-state index contributed by atoms with van der Waals surface area (Å²) in [6.07, 6.45) is 1.54. The molecule has 0 unspecified atom stereocenters. The van der Waals surface area contributed by atoms with E-state index in [1.807, 2.05) is 0 Å². The second kappa shape index (κ2) is 2.04. The zero-order valence-corrected chi connectivity index (χ0v) is 6.80. The molecule has 2 fully saturated rings. The summed E-state index contributed by atoms with van der Waals surface area (Å²) in [5, 5.41) is -0.171. The minimum Gasteiger partial charge on any atom is -0.297 e. The fourth-order valence-electron chi connectivity index (χ4n) is 1.10. The van der Waals surface area contributed by atoms with Crippen molar-refractivity contribution in [2.45, 2.75) is 18.1 Å². The van der Waals surface area contributed by atoms with Crippen LogP contribution in [0.1, 0.15) is 12.8 Å². The topological polar surface area (TPSA) is 54.5 Å². The van der Waals surface area contributed by atoms with E-state index in [1.54, 1.807) is 0 Å². The van der Waals surface area contributed by atoms with Crippen LogP contribution in [0.3, 0.4) is 0 Å². The second-order valence-corrected chi connectivity index (χ2v) is 5.26. The van der Waals surface area contributed by atoms with E-state index in [0.717, 1.165) is 12.8 Å². The first-order valence-corrected chi connectivity index (χ1v) is 5.12. The molecule has 0 bridgehead atoms. The average molecular weight is 175 g/mol. The molecule has 0 aromatic rings. The van der Waals surface area contributed by atoms with Gasteiger partial charge in [-0.25, -0.2) is 8.42 Å². The van der Waals surface area contributed by atoms with Gasteiger partial charge in [-0.1, -0.05) is 0 Å². The molecule has 62 valence electrons. The van der Waals surface area contributed by atoms with Crippen molar-refractivity contribution < 1.29 is 13.2 Å². The molecule has 1 aliphatic heterocycles. The SMILES string of the molecule is O=C1CN(S(=O)(=O)C2CC2)C1. The van der Waals surface area contributed by atoms with Gasteiger partial charge in [0.05, 0.1) is 18.3 Å². The Hall–Kier alpha value is -0.420. The first kappa shape index (κ1) is 7.24. The van der Waals surface area contributed by atoms with Crippen LogP contribution in [0.15, 0.2) is 0 Å². The number of hydrogen-bond acceptors (Lipinski definition) is 3. The Morgan fingerprint density at radius 3 is 2.18 bits per heavy atom. The van der Waals surface area contributed by atoms with E-state index in [-0.39, 0.29) is 24.1 Å². The highest BCUT2D eigenvalue weighted by atomic mass is 32.2. The van der Waals surface area contributed by atoms with Gasteiger partial charge in [0.25, 0.3) is 0 Å². The number of hydrogen-bond donors (Lipinski definition) is 0. The zero-order valence-electron chi connectivity index (χ0n) is 5.99. The molecular formula is C6H9NO3S. The maximum absolute atomic E-state index is 11.3. The number of carbonyl (C=O) groups excluding carboxylic acids is 1. The highest BCUT2D eigenvalue weighted by Crippen LogP contribution is 2.32. The lowest BCUT2D eigenvalue weighted by Crippen LogP contribution is -2.51. The Kier molecular flexibility index (Phi) is 1.34. The quantitative estimate of drug-likeness (QED) is 0.561. The molecule has 1 saturated heterocycles. The van der Waals surface area contributed by atoms with Gasteiger partial charge in [0.15, 0.2) is 5.78 Å². The molecule has 5 heteroatoms. The van der Waals surface area contributed by atoms with Crippen LogP contribution in [-0.2, 0) is 14.8 Å². The maximum atomic E-state index is 11.3. The summed E-state index contributed by atoms with van der Waals surface area (Å²) in [6.45, 7) is 0.220. The fraction of sp³-hybridized carbons (Fsp3) is 0.833. The number of nitrogens with zero attached hydrogens (tertiary/aromatic N) is 1. The first-order valence-electron chi connectivity index (χ1n) is 3.61. The molecule has 0 aromatic carbocycles. The van der Waals surface area contributed by atoms with Crippen molar-refractivity contribution in [3.63, 3.8) is 0 Å². The Labute approximate surface area is 65.2 Å². The lowest BCUT2D eigenvalue weighted by atomic mass is 10.3. The molecule has 2 aliphatic rings. The van der Waals surface area contributed by atoms with Gasteiger partial charge in [0.2, 0.25) is 10.0 Å². The monoisotopic (exact) mass is 175 g/mol. The van der Waals surface area contributed by atoms with Gasteiger partial charge in [-0.15, -0.1) is 0 Å². The van der Waals surface area contributed by atoms with Gasteiger partial charge in [0, 0.05) is 0 Å². The van der Waals surface area contributed by atoms with E-state index in [0.29, 0.717) is 0 Å². The minimum absolute atomic E-state index is 0.0224. The van der Waals surface area contributed by atoms with E-state index in [9.17, 15) is 13.2 Å². The minimum atomic E-state index is -3.05. The van der Waals surface area contributed by atoms with Gasteiger partial charge in [-0.2, -0.15) is 4.31 Å². The summed E-state index contributed by atoms with van der Waals surface area (Å²) in [4.78, 5) is 10.5. The van der Waals surface area contributed by atoms with Crippen molar-refractivity contribution in [3.05, 3.63) is 0 Å². The molecule has 0 atom stereocenters. The van der Waals surface area contributed by atoms with Crippen molar-refractivity contribution >= 4 is 15.8 Å². The summed E-state index contributed by atoms with van der Waals surface area (Å²) in [6, 6.07) is 0. The standard InChI is InChI=1S/C6H9NO3S/c8-5-3-7(4-5)11(9,10)6-1-2-6/h6H,1-4H2. The molecule has 0 amide bonds. The lowest BCUT2D eigenvalue weighted by Gasteiger charge is -2.28. The number of rotatable bonds is 2. The molecule has 11 heavy (non-hydrogen) atoms. The number of ketones is 1. The van der Waals surface area contributed by atoms with Crippen LogP contribution in [-0.4, -0.2) is 36.8 Å². The van der Waals surface area contributed by atoms with Gasteiger partial charge in [-0.05, 0) is 12.8 Å². The first-order chi connectivity index (χ1) is 5.10. The second-order valence-electron chi connectivity index (χ2n) is 3.05. The summed E-state index contributed by atoms with van der Waals surface area (Å²) in [5.41, 5.74) is 0. The number of Topliss-reactive ketones (excluding diaryl/α,β-unsaturated/α-hetero) is 1. The molecule has 4 nitrogen and oxygen atoms in total. The Morgan fingerprint density at radius 2 is 1.82 bits per heavy atom. The third-order valence-corrected chi connectivity index (χ3v) is 4.30. The zero-order chi connectivity index (χ0) is 8.06. The van der Waals surface area contributed by atoms with Gasteiger partial charge in [0.1, 0.15) is 0 Å². The normalized spacial score (nSPS) is 26.7. The van der Waals surface area contributed by atoms with Crippen molar-refractivity contribution in [1.82, 2.24) is 4.31 Å². The van der Waals surface area contributed by atoms with Gasteiger partial charge in [-0.3, -0.25) is 4.79 Å². The van der Waals surface area contributed by atoms with E-state index >= 15 is 0 Å². The lowest BCUT2D eigenvalue weighted by molar-refractivity contribution is -0.125. The van der Waals surface area contributed by atoms with Crippen molar-refractivity contribution in [2.75, 3.05) is 13.1 Å². The van der Waals surface area contributed by atoms with E-state index < -0.39 is 10.0 Å². The van der Waals surface area contributed by atoms with Gasteiger partial charge >= 0.3 is 0 Å². The molecule has 0 aromatic heterocycles. The molecule has 2 rings (SSSR count). The molecular weight excluding hydrogens is 166 g/mol. The number of carbonyl (C=O) groups is 1. The van der Waals surface area contributed by atoms with Crippen molar-refractivity contribution in [3.8, 4) is 0 Å². The Bertz CT molecular complexity index is 283. The summed E-state index contributed by atoms with van der Waals surface area (Å²) >= 11 is 0. The van der Waals surface area contributed by atoms with E-state index in [2.05, 4.69) is 0 Å². The molecule has 0 N–H and O–H groups in total. The highest BCUT2D eigenvalue weighted by Gasteiger charge is 2.44. The molecule has 1 heterocycles. The third-order valence-electron chi connectivity index (χ3n) is 2.01. The van der Waals surface area contributed by atoms with Crippen LogP contribution in [0.5, 0.6) is 0 Å². The summed E-state index contributed by atoms with van der Waals surface area (Å²) in [7, 11) is -3.05. The van der Waals surface area contributed by atoms with Crippen molar-refractivity contribution in [1.29, 1.82) is 0 Å². The number of sulfonamides is 1. The average Bonchev–Trinajstić information content (AvgIpc) is 2.60. The fourth-order valence-corrected chi connectivity index (χ4v) is 2.91. The largest absolute Gasteiger partial charge is 0.297 e. The van der Waals surface area contributed by atoms with Crippen LogP contribution in [0.4, 0.5) is 0 Å². The highest BCUT2D eigenvalue weighted by molar-refractivity contribution is 7.90. The third kappa shape index (κ3) is 1.08. The van der Waals surface area contributed by atoms with Crippen LogP contribution < -0.4 is 0 Å².